The number of benzene rings is 1. The Morgan fingerprint density at radius 1 is 1.53 bits per heavy atom. The fourth-order valence-electron chi connectivity index (χ4n) is 1.06. The lowest BCUT2D eigenvalue weighted by molar-refractivity contribution is 0.371. The van der Waals surface area contributed by atoms with Crippen molar-refractivity contribution >= 4 is 35.7 Å². The Bertz CT molecular complexity index is 472. The third-order valence-electron chi connectivity index (χ3n) is 1.73. The molecule has 0 aliphatic carbocycles. The molecule has 0 bridgehead atoms. The third-order valence-corrected chi connectivity index (χ3v) is 3.43. The molecule has 0 aromatic heterocycles. The van der Waals surface area contributed by atoms with E-state index in [1.165, 1.54) is 13.2 Å². The lowest BCUT2D eigenvalue weighted by Gasteiger charge is -2.09. The average Bonchev–Trinajstić information content (AvgIpc) is 2.11. The minimum atomic E-state index is -3.72. The molecule has 7 heteroatoms. The minimum absolute atomic E-state index is 0.185. The summed E-state index contributed by atoms with van der Waals surface area (Å²) in [5.74, 6) is -0.484. The molecule has 1 N–H and O–H groups in total. The van der Waals surface area contributed by atoms with E-state index in [9.17, 15) is 13.5 Å². The van der Waals surface area contributed by atoms with E-state index in [2.05, 4.69) is 15.9 Å². The summed E-state index contributed by atoms with van der Waals surface area (Å²) in [7, 11) is 2.76. The molecule has 0 radical (unpaired) electrons. The van der Waals surface area contributed by atoms with E-state index in [4.69, 9.17) is 15.4 Å². The fraction of sp³-hybridized carbons (Fsp3) is 0.250. The smallest absolute Gasteiger partial charge is 0.236 e. The van der Waals surface area contributed by atoms with Crippen molar-refractivity contribution in [2.24, 2.45) is 0 Å². The van der Waals surface area contributed by atoms with Gasteiger partial charge in [-0.1, -0.05) is 15.9 Å². The highest BCUT2D eigenvalue weighted by atomic mass is 79.9. The Hall–Kier alpha value is -0.460. The first kappa shape index (κ1) is 12.6. The number of phenols is 1. The van der Waals surface area contributed by atoms with Crippen LogP contribution in [0.2, 0.25) is 0 Å². The molecule has 0 fully saturated rings. The maximum atomic E-state index is 10.9. The van der Waals surface area contributed by atoms with Crippen molar-refractivity contribution in [3.63, 3.8) is 0 Å². The van der Waals surface area contributed by atoms with Crippen LogP contribution in [-0.2, 0) is 14.8 Å². The highest BCUT2D eigenvalue weighted by molar-refractivity contribution is 9.10. The highest BCUT2D eigenvalue weighted by Crippen LogP contribution is 2.36. The molecule has 0 amide bonds. The molecular formula is C8H8BrClO4S. The molecule has 0 heterocycles. The van der Waals surface area contributed by atoms with Crippen LogP contribution in [0.15, 0.2) is 16.6 Å². The van der Waals surface area contributed by atoms with Gasteiger partial charge in [0.25, 0.3) is 0 Å². The summed E-state index contributed by atoms with van der Waals surface area (Å²) in [5.41, 5.74) is 0.185. The molecule has 1 rings (SSSR count). The lowest BCUT2D eigenvalue weighted by Crippen LogP contribution is -1.98. The summed E-state index contributed by atoms with van der Waals surface area (Å²) in [6.45, 7) is 0. The van der Waals surface area contributed by atoms with E-state index in [1.807, 2.05) is 0 Å². The second kappa shape index (κ2) is 4.59. The Kier molecular flexibility index (Phi) is 3.86. The summed E-state index contributed by atoms with van der Waals surface area (Å²) in [4.78, 5) is 0. The summed E-state index contributed by atoms with van der Waals surface area (Å²) in [6.07, 6.45) is 0. The molecule has 0 aliphatic heterocycles. The van der Waals surface area contributed by atoms with Gasteiger partial charge in [0.05, 0.1) is 12.9 Å². The van der Waals surface area contributed by atoms with Crippen LogP contribution < -0.4 is 4.74 Å². The molecular weight excluding hydrogens is 308 g/mol. The van der Waals surface area contributed by atoms with Gasteiger partial charge in [0.15, 0.2) is 11.5 Å². The van der Waals surface area contributed by atoms with Gasteiger partial charge < -0.3 is 9.84 Å². The molecule has 4 nitrogen and oxygen atoms in total. The van der Waals surface area contributed by atoms with Crippen molar-refractivity contribution < 1.29 is 18.3 Å². The zero-order chi connectivity index (χ0) is 11.6. The summed E-state index contributed by atoms with van der Waals surface area (Å²) in [6, 6.07) is 3.10. The number of ether oxygens (including phenoxy) is 1. The molecule has 1 aromatic carbocycles. The van der Waals surface area contributed by atoms with Gasteiger partial charge in [-0.05, 0) is 12.1 Å². The van der Waals surface area contributed by atoms with Crippen molar-refractivity contribution in [1.29, 1.82) is 0 Å². The Balaban J connectivity index is 3.27. The zero-order valence-electron chi connectivity index (χ0n) is 7.70. The molecule has 0 saturated carbocycles. The van der Waals surface area contributed by atoms with E-state index in [1.54, 1.807) is 6.07 Å². The van der Waals surface area contributed by atoms with Crippen LogP contribution >= 0.6 is 26.6 Å². The van der Waals surface area contributed by atoms with Gasteiger partial charge in [-0.25, -0.2) is 8.42 Å². The first-order valence-corrected chi connectivity index (χ1v) is 7.09. The molecule has 0 spiro atoms. The first-order valence-electron chi connectivity index (χ1n) is 3.82. The first-order chi connectivity index (χ1) is 6.85. The summed E-state index contributed by atoms with van der Waals surface area (Å²) >= 11 is 3.12. The van der Waals surface area contributed by atoms with E-state index in [0.29, 0.717) is 4.47 Å². The average molecular weight is 316 g/mol. The maximum Gasteiger partial charge on any atom is 0.236 e. The predicted octanol–water partition coefficient (Wildman–Crippen LogP) is 2.23. The normalized spacial score (nSPS) is 11.4. The Morgan fingerprint density at radius 2 is 2.13 bits per heavy atom. The van der Waals surface area contributed by atoms with Gasteiger partial charge in [0, 0.05) is 20.7 Å². The summed E-state index contributed by atoms with van der Waals surface area (Å²) < 4.78 is 27.1. The van der Waals surface area contributed by atoms with Crippen LogP contribution in [0.5, 0.6) is 11.5 Å². The highest BCUT2D eigenvalue weighted by Gasteiger charge is 2.17. The predicted molar refractivity (Wildman–Crippen MR) is 60.8 cm³/mol. The number of hydrogen-bond acceptors (Lipinski definition) is 4. The van der Waals surface area contributed by atoms with Crippen LogP contribution in [0, 0.1) is 0 Å². The number of rotatable bonds is 3. The van der Waals surface area contributed by atoms with E-state index < -0.39 is 14.8 Å². The second-order valence-corrected chi connectivity index (χ2v) is 6.39. The topological polar surface area (TPSA) is 63.6 Å². The number of phenolic OH excluding ortho intramolecular Hbond substituents is 1. The van der Waals surface area contributed by atoms with Crippen LogP contribution in [0.1, 0.15) is 5.56 Å². The van der Waals surface area contributed by atoms with Crippen molar-refractivity contribution in [1.82, 2.24) is 0 Å². The monoisotopic (exact) mass is 314 g/mol. The van der Waals surface area contributed by atoms with Crippen LogP contribution in [-0.4, -0.2) is 20.6 Å². The quantitative estimate of drug-likeness (QED) is 0.869. The van der Waals surface area contributed by atoms with E-state index in [-0.39, 0.29) is 17.1 Å². The lowest BCUT2D eigenvalue weighted by atomic mass is 10.2. The molecule has 0 atom stereocenters. The SMILES string of the molecule is COc1ccc(Br)c(CS(=O)(=O)Cl)c1O. The second-order valence-electron chi connectivity index (χ2n) is 2.76. The minimum Gasteiger partial charge on any atom is -0.504 e. The molecule has 0 unspecified atom stereocenters. The van der Waals surface area contributed by atoms with Crippen molar-refractivity contribution in [2.75, 3.05) is 7.11 Å². The van der Waals surface area contributed by atoms with E-state index in [0.717, 1.165) is 0 Å². The fourth-order valence-corrected chi connectivity index (χ4v) is 2.67. The van der Waals surface area contributed by atoms with Crippen LogP contribution in [0.3, 0.4) is 0 Å². The van der Waals surface area contributed by atoms with Gasteiger partial charge >= 0.3 is 0 Å². The van der Waals surface area contributed by atoms with E-state index >= 15 is 0 Å². The van der Waals surface area contributed by atoms with Crippen LogP contribution in [0.25, 0.3) is 0 Å². The van der Waals surface area contributed by atoms with Crippen molar-refractivity contribution in [3.05, 3.63) is 22.2 Å². The number of halogens is 2. The molecule has 0 saturated heterocycles. The van der Waals surface area contributed by atoms with Gasteiger partial charge in [0.2, 0.25) is 9.05 Å². The summed E-state index contributed by atoms with van der Waals surface area (Å²) in [5, 5.41) is 9.65. The van der Waals surface area contributed by atoms with Gasteiger partial charge in [-0.15, -0.1) is 0 Å². The van der Waals surface area contributed by atoms with Gasteiger partial charge in [-0.2, -0.15) is 0 Å². The number of hydrogen-bond donors (Lipinski definition) is 1. The number of methoxy groups -OCH3 is 1. The Labute approximate surface area is 100 Å². The van der Waals surface area contributed by atoms with Crippen molar-refractivity contribution in [3.8, 4) is 11.5 Å². The largest absolute Gasteiger partial charge is 0.504 e. The molecule has 15 heavy (non-hydrogen) atoms. The maximum absolute atomic E-state index is 10.9. The molecule has 84 valence electrons. The van der Waals surface area contributed by atoms with Gasteiger partial charge in [0.1, 0.15) is 0 Å². The third kappa shape index (κ3) is 3.25. The zero-order valence-corrected chi connectivity index (χ0v) is 10.9. The Morgan fingerprint density at radius 3 is 2.60 bits per heavy atom. The molecule has 1 aromatic rings. The van der Waals surface area contributed by atoms with Crippen molar-refractivity contribution in [2.45, 2.75) is 5.75 Å². The van der Waals surface area contributed by atoms with Gasteiger partial charge in [-0.3, -0.25) is 0 Å². The molecule has 0 aliphatic rings. The standard InChI is InChI=1S/C8H8BrClO4S/c1-14-7-3-2-6(9)5(8(7)11)4-15(10,12)13/h2-3,11H,4H2,1H3. The van der Waals surface area contributed by atoms with Crippen LogP contribution in [0.4, 0.5) is 0 Å². The number of aromatic hydroxyl groups is 1.